The zero-order valence-electron chi connectivity index (χ0n) is 16.0. The second-order valence-corrected chi connectivity index (χ2v) is 6.92. The molecule has 0 radical (unpaired) electrons. The molecule has 1 aromatic heterocycles. The first-order valence-electron chi connectivity index (χ1n) is 9.19. The van der Waals surface area contributed by atoms with Crippen LogP contribution in [-0.2, 0) is 4.79 Å². The van der Waals surface area contributed by atoms with E-state index in [2.05, 4.69) is 69.1 Å². The van der Waals surface area contributed by atoms with Gasteiger partial charge in [-0.1, -0.05) is 60.7 Å². The van der Waals surface area contributed by atoms with E-state index < -0.39 is 0 Å². The largest absolute Gasteiger partial charge is 0.357 e. The third-order valence-electron chi connectivity index (χ3n) is 3.69. The van der Waals surface area contributed by atoms with Gasteiger partial charge in [0, 0.05) is 26.0 Å². The van der Waals surface area contributed by atoms with Crippen LogP contribution in [0.4, 0.5) is 5.95 Å². The van der Waals surface area contributed by atoms with Crippen LogP contribution in [-0.4, -0.2) is 41.0 Å². The van der Waals surface area contributed by atoms with Crippen LogP contribution in [0.1, 0.15) is 6.42 Å². The normalized spacial score (nSPS) is 12.8. The molecule has 2 heterocycles. The molecule has 1 amide bonds. The van der Waals surface area contributed by atoms with E-state index in [0.29, 0.717) is 11.7 Å². The van der Waals surface area contributed by atoms with E-state index >= 15 is 0 Å². The first kappa shape index (κ1) is 21.4. The number of carbonyl (C=O) groups is 1. The molecule has 0 bridgehead atoms. The molecule has 2 aromatic carbocycles. The molecule has 146 valence electrons. The van der Waals surface area contributed by atoms with E-state index in [9.17, 15) is 4.79 Å². The Morgan fingerprint density at radius 2 is 1.46 bits per heavy atom. The van der Waals surface area contributed by atoms with Gasteiger partial charge in [-0.15, -0.1) is 0 Å². The maximum atomic E-state index is 10.6. The summed E-state index contributed by atoms with van der Waals surface area (Å²) in [5.41, 5.74) is 2.55. The maximum absolute atomic E-state index is 10.6. The number of anilines is 1. The van der Waals surface area contributed by atoms with Gasteiger partial charge in [0.25, 0.3) is 0 Å². The highest BCUT2D eigenvalue weighted by molar-refractivity contribution is 7.99. The summed E-state index contributed by atoms with van der Waals surface area (Å²) >= 11 is 1.71. The van der Waals surface area contributed by atoms with Crippen LogP contribution in [0.15, 0.2) is 79.1 Å². The van der Waals surface area contributed by atoms with Crippen LogP contribution < -0.4 is 10.6 Å². The molecule has 0 saturated carbocycles. The average molecular weight is 395 g/mol. The van der Waals surface area contributed by atoms with Gasteiger partial charge in [-0.2, -0.15) is 11.8 Å². The number of nitrogens with zero attached hydrogens (tertiary/aromatic N) is 2. The van der Waals surface area contributed by atoms with Crippen molar-refractivity contribution < 1.29 is 4.79 Å². The van der Waals surface area contributed by atoms with E-state index in [4.69, 9.17) is 0 Å². The Hall–Kier alpha value is -2.86. The molecule has 4 rings (SSSR count). The molecule has 2 N–H and O–H groups in total. The minimum absolute atomic E-state index is 0.188. The molecule has 1 aliphatic rings. The van der Waals surface area contributed by atoms with Crippen LogP contribution in [0, 0.1) is 0 Å². The number of carbonyl (C=O) groups excluding carboxylic acids is 1. The van der Waals surface area contributed by atoms with Crippen molar-refractivity contribution in [1.29, 1.82) is 0 Å². The highest BCUT2D eigenvalue weighted by atomic mass is 32.2. The number of thioether (sulfide) groups is 1. The zero-order valence-corrected chi connectivity index (χ0v) is 16.9. The molecule has 1 aliphatic heterocycles. The topological polar surface area (TPSA) is 66.9 Å². The highest BCUT2D eigenvalue weighted by Crippen LogP contribution is 2.17. The number of benzene rings is 2. The van der Waals surface area contributed by atoms with Crippen LogP contribution >= 0.6 is 11.8 Å². The number of hydrogen-bond donors (Lipinski definition) is 2. The molecule has 5 nitrogen and oxygen atoms in total. The highest BCUT2D eigenvalue weighted by Gasteiger charge is 2.03. The van der Waals surface area contributed by atoms with Crippen LogP contribution in [0.3, 0.4) is 0 Å². The van der Waals surface area contributed by atoms with Gasteiger partial charge in [0.05, 0.1) is 5.75 Å². The van der Waals surface area contributed by atoms with Crippen molar-refractivity contribution in [3.05, 3.63) is 79.1 Å². The molecule has 28 heavy (non-hydrogen) atoms. The Morgan fingerprint density at radius 3 is 1.96 bits per heavy atom. The van der Waals surface area contributed by atoms with Crippen molar-refractivity contribution in [2.75, 3.05) is 30.4 Å². The summed E-state index contributed by atoms with van der Waals surface area (Å²) < 4.78 is 0. The molecule has 0 unspecified atom stereocenters. The summed E-state index contributed by atoms with van der Waals surface area (Å²) in [7, 11) is 1.79. The fraction of sp³-hybridized carbons (Fsp3) is 0.227. The lowest BCUT2D eigenvalue weighted by Gasteiger charge is -1.98. The van der Waals surface area contributed by atoms with Crippen LogP contribution in [0.5, 0.6) is 0 Å². The maximum Gasteiger partial charge on any atom is 0.229 e. The summed E-state index contributed by atoms with van der Waals surface area (Å²) in [5, 5.41) is 5.59. The molecule has 3 aromatic rings. The third kappa shape index (κ3) is 8.68. The van der Waals surface area contributed by atoms with Gasteiger partial charge >= 0.3 is 0 Å². The molecule has 0 atom stereocenters. The lowest BCUT2D eigenvalue weighted by molar-refractivity contribution is -0.118. The van der Waals surface area contributed by atoms with E-state index in [-0.39, 0.29) is 5.91 Å². The SMILES string of the molecule is CNc1ncccn1.O=C1CSCCCN1.c1ccc(-c2ccccc2)cc1. The number of hydrogen-bond acceptors (Lipinski definition) is 5. The standard InChI is InChI=1S/C12H10.C5H7N3.C5H9NOS/c1-3-7-11(8-4-1)12-9-5-2-6-10-12;1-6-5-7-3-2-4-8-5;7-5-4-8-3-1-2-6-5/h1-10H;2-4H,1H3,(H,6,7,8);1-4H2,(H,6,7). The van der Waals surface area contributed by atoms with Gasteiger partial charge in [0.15, 0.2) is 0 Å². The second kappa shape index (κ2) is 13.3. The number of rotatable bonds is 2. The van der Waals surface area contributed by atoms with Crippen molar-refractivity contribution in [3.8, 4) is 11.1 Å². The zero-order chi connectivity index (χ0) is 19.9. The minimum atomic E-state index is 0.188. The van der Waals surface area contributed by atoms with Crippen molar-refractivity contribution >= 4 is 23.6 Å². The third-order valence-corrected chi connectivity index (χ3v) is 4.73. The second-order valence-electron chi connectivity index (χ2n) is 5.81. The van der Waals surface area contributed by atoms with Crippen molar-refractivity contribution in [2.24, 2.45) is 0 Å². The summed E-state index contributed by atoms with van der Waals surface area (Å²) in [6.45, 7) is 0.867. The average Bonchev–Trinajstić information content (AvgIpc) is 3.04. The van der Waals surface area contributed by atoms with Crippen molar-refractivity contribution in [1.82, 2.24) is 15.3 Å². The van der Waals surface area contributed by atoms with Gasteiger partial charge < -0.3 is 10.6 Å². The van der Waals surface area contributed by atoms with Gasteiger partial charge in [-0.05, 0) is 29.4 Å². The van der Waals surface area contributed by atoms with Crippen LogP contribution in [0.2, 0.25) is 0 Å². The Morgan fingerprint density at radius 1 is 0.893 bits per heavy atom. The first-order valence-corrected chi connectivity index (χ1v) is 10.3. The Bertz CT molecular complexity index is 738. The minimum Gasteiger partial charge on any atom is -0.357 e. The number of amides is 1. The summed E-state index contributed by atoms with van der Waals surface area (Å²) in [6, 6.07) is 22.6. The summed E-state index contributed by atoms with van der Waals surface area (Å²) in [6.07, 6.45) is 4.51. The molecule has 0 aliphatic carbocycles. The number of nitrogens with one attached hydrogen (secondary N) is 2. The van der Waals surface area contributed by atoms with Crippen molar-refractivity contribution in [2.45, 2.75) is 6.42 Å². The van der Waals surface area contributed by atoms with Crippen molar-refractivity contribution in [3.63, 3.8) is 0 Å². The molecular weight excluding hydrogens is 368 g/mol. The molecule has 0 spiro atoms. The molecule has 1 saturated heterocycles. The quantitative estimate of drug-likeness (QED) is 0.685. The lowest BCUT2D eigenvalue weighted by Crippen LogP contribution is -2.23. The van der Waals surface area contributed by atoms with E-state index in [1.54, 1.807) is 37.3 Å². The van der Waals surface area contributed by atoms with E-state index in [1.165, 1.54) is 11.1 Å². The Balaban J connectivity index is 0.000000156. The van der Waals surface area contributed by atoms with Gasteiger partial charge in [0.1, 0.15) is 0 Å². The fourth-order valence-electron chi connectivity index (χ4n) is 2.31. The van der Waals surface area contributed by atoms with E-state index in [0.717, 1.165) is 18.7 Å². The van der Waals surface area contributed by atoms with E-state index in [1.807, 2.05) is 12.1 Å². The summed E-state index contributed by atoms with van der Waals surface area (Å²) in [4.78, 5) is 18.3. The first-order chi connectivity index (χ1) is 13.8. The number of aromatic nitrogens is 2. The monoisotopic (exact) mass is 394 g/mol. The smallest absolute Gasteiger partial charge is 0.229 e. The van der Waals surface area contributed by atoms with Gasteiger partial charge in [-0.3, -0.25) is 4.79 Å². The van der Waals surface area contributed by atoms with Gasteiger partial charge in [0.2, 0.25) is 11.9 Å². The predicted octanol–water partition coefficient (Wildman–Crippen LogP) is 4.11. The molecular formula is C22H26N4OS. The summed E-state index contributed by atoms with van der Waals surface area (Å²) in [5.74, 6) is 2.62. The fourth-order valence-corrected chi connectivity index (χ4v) is 3.09. The predicted molar refractivity (Wildman–Crippen MR) is 118 cm³/mol. The van der Waals surface area contributed by atoms with Crippen LogP contribution in [0.25, 0.3) is 11.1 Å². The Kier molecular flexibility index (Phi) is 10.2. The molecule has 6 heteroatoms. The lowest BCUT2D eigenvalue weighted by atomic mass is 10.1. The van der Waals surface area contributed by atoms with Gasteiger partial charge in [-0.25, -0.2) is 9.97 Å². The molecule has 1 fully saturated rings. The Labute approximate surface area is 171 Å².